The van der Waals surface area contributed by atoms with Crippen molar-refractivity contribution in [2.45, 2.75) is 32.2 Å². The van der Waals surface area contributed by atoms with Crippen molar-refractivity contribution in [1.29, 1.82) is 0 Å². The average molecular weight is 293 g/mol. The summed E-state index contributed by atoms with van der Waals surface area (Å²) in [6.45, 7) is 1.83. The summed E-state index contributed by atoms with van der Waals surface area (Å²) in [5.74, 6) is 2.34. The van der Waals surface area contributed by atoms with Crippen LogP contribution in [0.1, 0.15) is 41.6 Å². The number of carbonyl (C=O) groups is 1. The molecule has 0 heterocycles. The van der Waals surface area contributed by atoms with Crippen LogP contribution in [0.3, 0.4) is 0 Å². The molecule has 1 aromatic carbocycles. The van der Waals surface area contributed by atoms with E-state index in [1.807, 2.05) is 6.07 Å². The monoisotopic (exact) mass is 292 g/mol. The molecule has 0 saturated heterocycles. The first-order valence-corrected chi connectivity index (χ1v) is 7.80. The van der Waals surface area contributed by atoms with E-state index >= 15 is 0 Å². The highest BCUT2D eigenvalue weighted by atomic mass is 35.5. The molecule has 2 aliphatic carbocycles. The maximum atomic E-state index is 11.1. The predicted molar refractivity (Wildman–Crippen MR) is 80.6 cm³/mol. The summed E-state index contributed by atoms with van der Waals surface area (Å²) in [7, 11) is 0. The van der Waals surface area contributed by atoms with Gasteiger partial charge in [0.05, 0.1) is 0 Å². The van der Waals surface area contributed by atoms with Crippen LogP contribution in [0.15, 0.2) is 18.2 Å². The van der Waals surface area contributed by atoms with Gasteiger partial charge >= 0.3 is 0 Å². The van der Waals surface area contributed by atoms with E-state index in [0.717, 1.165) is 36.4 Å². The molecule has 1 amide bonds. The molecule has 20 heavy (non-hydrogen) atoms. The van der Waals surface area contributed by atoms with Gasteiger partial charge in [-0.1, -0.05) is 24.1 Å². The van der Waals surface area contributed by atoms with Crippen molar-refractivity contribution in [1.82, 2.24) is 5.32 Å². The fraction of sp³-hybridized carbons (Fsp3) is 0.562. The zero-order valence-electron chi connectivity index (χ0n) is 11.6. The molecule has 2 bridgehead atoms. The molecule has 1 aromatic rings. The van der Waals surface area contributed by atoms with Crippen molar-refractivity contribution in [2.75, 3.05) is 6.54 Å². The first kappa shape index (κ1) is 13.9. The quantitative estimate of drug-likeness (QED) is 0.876. The molecular formula is C16H21ClN2O. The van der Waals surface area contributed by atoms with Crippen molar-refractivity contribution < 1.29 is 4.79 Å². The van der Waals surface area contributed by atoms with Crippen LogP contribution in [0.2, 0.25) is 5.02 Å². The Hall–Kier alpha value is -1.06. The highest BCUT2D eigenvalue weighted by Gasteiger charge is 2.38. The zero-order chi connectivity index (χ0) is 14.1. The highest BCUT2D eigenvalue weighted by Crippen LogP contribution is 2.47. The largest absolute Gasteiger partial charge is 0.366 e. The smallest absolute Gasteiger partial charge is 0.248 e. The van der Waals surface area contributed by atoms with E-state index in [-0.39, 0.29) is 0 Å². The van der Waals surface area contributed by atoms with Gasteiger partial charge in [-0.15, -0.1) is 0 Å². The summed E-state index contributed by atoms with van der Waals surface area (Å²) < 4.78 is 0. The molecule has 0 radical (unpaired) electrons. The fourth-order valence-electron chi connectivity index (χ4n) is 3.86. The van der Waals surface area contributed by atoms with Crippen molar-refractivity contribution >= 4 is 17.5 Å². The van der Waals surface area contributed by atoms with Crippen LogP contribution in [0, 0.1) is 17.8 Å². The summed E-state index contributed by atoms with van der Waals surface area (Å²) in [4.78, 5) is 11.1. The number of hydrogen-bond donors (Lipinski definition) is 2. The summed E-state index contributed by atoms with van der Waals surface area (Å²) in [6.07, 6.45) is 5.71. The lowest BCUT2D eigenvalue weighted by Crippen LogP contribution is -2.26. The normalized spacial score (nSPS) is 27.9. The van der Waals surface area contributed by atoms with Crippen molar-refractivity contribution in [2.24, 2.45) is 23.5 Å². The minimum absolute atomic E-state index is 0.437. The topological polar surface area (TPSA) is 55.1 Å². The number of carbonyl (C=O) groups excluding carboxylic acids is 1. The number of primary amides is 1. The van der Waals surface area contributed by atoms with E-state index < -0.39 is 5.91 Å². The molecule has 0 spiro atoms. The first-order chi connectivity index (χ1) is 9.63. The van der Waals surface area contributed by atoms with Gasteiger partial charge in [0.15, 0.2) is 0 Å². The minimum atomic E-state index is -0.437. The molecule has 108 valence electrons. The molecule has 2 fully saturated rings. The third-order valence-corrected chi connectivity index (χ3v) is 5.30. The van der Waals surface area contributed by atoms with Gasteiger partial charge in [-0.05, 0) is 61.3 Å². The summed E-state index contributed by atoms with van der Waals surface area (Å²) in [6, 6.07) is 5.28. The maximum Gasteiger partial charge on any atom is 0.248 e. The van der Waals surface area contributed by atoms with Gasteiger partial charge in [-0.2, -0.15) is 0 Å². The molecule has 3 N–H and O–H groups in total. The van der Waals surface area contributed by atoms with E-state index in [9.17, 15) is 4.79 Å². The lowest BCUT2D eigenvalue weighted by Gasteiger charge is -2.22. The Morgan fingerprint density at radius 3 is 2.80 bits per heavy atom. The van der Waals surface area contributed by atoms with E-state index in [4.69, 9.17) is 17.3 Å². The van der Waals surface area contributed by atoms with Gasteiger partial charge in [-0.3, -0.25) is 4.79 Å². The predicted octanol–water partition coefficient (Wildman–Crippen LogP) is 2.96. The molecule has 3 unspecified atom stereocenters. The van der Waals surface area contributed by atoms with Crippen LogP contribution in [0.4, 0.5) is 0 Å². The second-order valence-electron chi connectivity index (χ2n) is 6.24. The molecule has 0 aliphatic heterocycles. The van der Waals surface area contributed by atoms with Crippen molar-refractivity contribution in [3.8, 4) is 0 Å². The van der Waals surface area contributed by atoms with Gasteiger partial charge in [0.1, 0.15) is 0 Å². The first-order valence-electron chi connectivity index (χ1n) is 7.42. The molecule has 0 aromatic heterocycles. The van der Waals surface area contributed by atoms with Crippen LogP contribution in [0.5, 0.6) is 0 Å². The van der Waals surface area contributed by atoms with Gasteiger partial charge in [0.25, 0.3) is 0 Å². The van der Waals surface area contributed by atoms with Gasteiger partial charge in [0.2, 0.25) is 5.91 Å². The Kier molecular flexibility index (Phi) is 3.99. The summed E-state index contributed by atoms with van der Waals surface area (Å²) in [5.41, 5.74) is 6.73. The molecule has 3 nitrogen and oxygen atoms in total. The lowest BCUT2D eigenvalue weighted by atomic mass is 9.89. The second-order valence-corrected chi connectivity index (χ2v) is 6.64. The number of benzene rings is 1. The molecule has 3 atom stereocenters. The lowest BCUT2D eigenvalue weighted by molar-refractivity contribution is 0.100. The van der Waals surface area contributed by atoms with E-state index in [0.29, 0.717) is 10.6 Å². The maximum absolute atomic E-state index is 11.1. The van der Waals surface area contributed by atoms with Crippen LogP contribution in [-0.4, -0.2) is 12.5 Å². The Balaban J connectivity index is 1.52. The Morgan fingerprint density at radius 2 is 2.20 bits per heavy atom. The Labute approximate surface area is 124 Å². The number of nitrogens with two attached hydrogens (primary N) is 1. The number of amides is 1. The second kappa shape index (κ2) is 5.74. The fourth-order valence-corrected chi connectivity index (χ4v) is 4.11. The van der Waals surface area contributed by atoms with E-state index in [1.165, 1.54) is 25.7 Å². The van der Waals surface area contributed by atoms with Gasteiger partial charge in [-0.25, -0.2) is 0 Å². The van der Waals surface area contributed by atoms with E-state index in [1.54, 1.807) is 12.1 Å². The van der Waals surface area contributed by atoms with Crippen molar-refractivity contribution in [3.63, 3.8) is 0 Å². The number of rotatable bonds is 5. The van der Waals surface area contributed by atoms with Crippen LogP contribution < -0.4 is 11.1 Å². The van der Waals surface area contributed by atoms with Crippen molar-refractivity contribution in [3.05, 3.63) is 34.3 Å². The van der Waals surface area contributed by atoms with E-state index in [2.05, 4.69) is 5.32 Å². The van der Waals surface area contributed by atoms with Crippen LogP contribution in [-0.2, 0) is 6.54 Å². The molecule has 2 saturated carbocycles. The number of fused-ring (bicyclic) bond motifs is 2. The average Bonchev–Trinajstić information content (AvgIpc) is 3.02. The standard InChI is InChI=1S/C16H21ClN2O/c17-15-7-12(16(18)20)3-4-13(15)8-19-9-14-6-10-1-2-11(14)5-10/h3-4,7,10-11,14,19H,1-2,5-6,8-9H2,(H2,18,20). The summed E-state index contributed by atoms with van der Waals surface area (Å²) in [5, 5.41) is 4.13. The molecule has 2 aliphatic rings. The minimum Gasteiger partial charge on any atom is -0.366 e. The van der Waals surface area contributed by atoms with Gasteiger partial charge in [0, 0.05) is 17.1 Å². The van der Waals surface area contributed by atoms with Gasteiger partial charge < -0.3 is 11.1 Å². The number of nitrogens with one attached hydrogen (secondary N) is 1. The summed E-state index contributed by atoms with van der Waals surface area (Å²) >= 11 is 6.18. The van der Waals surface area contributed by atoms with Crippen LogP contribution >= 0.6 is 11.6 Å². The molecular weight excluding hydrogens is 272 g/mol. The zero-order valence-corrected chi connectivity index (χ0v) is 12.3. The third kappa shape index (κ3) is 2.84. The number of halogens is 1. The third-order valence-electron chi connectivity index (χ3n) is 4.94. The Bertz CT molecular complexity index is 517. The highest BCUT2D eigenvalue weighted by molar-refractivity contribution is 6.31. The molecule has 4 heteroatoms. The SMILES string of the molecule is NC(=O)c1ccc(CNCC2CC3CCC2C3)c(Cl)c1. The van der Waals surface area contributed by atoms with Crippen LogP contribution in [0.25, 0.3) is 0 Å². The number of hydrogen-bond acceptors (Lipinski definition) is 2. The Morgan fingerprint density at radius 1 is 1.35 bits per heavy atom. The molecule has 3 rings (SSSR count).